The molecule has 1 N–H and O–H groups in total. The first kappa shape index (κ1) is 17.2. The van der Waals surface area contributed by atoms with Crippen LogP contribution in [0, 0.1) is 0 Å². The van der Waals surface area contributed by atoms with E-state index in [-0.39, 0.29) is 18.1 Å². The van der Waals surface area contributed by atoms with Crippen molar-refractivity contribution in [1.29, 1.82) is 0 Å². The standard InChI is InChI=1S/C16H21NO3S/c1-4-13(3)21(19,20)11-10-16(18)17-12-15-9-7-6-8-14(15)5-2/h4-9,13H,1-2,10-12H2,3H3,(H,17,18). The van der Waals surface area contributed by atoms with Crippen molar-refractivity contribution in [3.05, 3.63) is 54.6 Å². The lowest BCUT2D eigenvalue weighted by Gasteiger charge is -2.10. The smallest absolute Gasteiger partial charge is 0.221 e. The Morgan fingerprint density at radius 2 is 2.00 bits per heavy atom. The van der Waals surface area contributed by atoms with E-state index in [2.05, 4.69) is 18.5 Å². The molecule has 0 saturated heterocycles. The number of hydrogen-bond acceptors (Lipinski definition) is 3. The molecule has 114 valence electrons. The second-order valence-corrected chi connectivity index (χ2v) is 7.22. The number of sulfone groups is 1. The van der Waals surface area contributed by atoms with Crippen LogP contribution in [-0.2, 0) is 21.2 Å². The maximum atomic E-state index is 11.8. The molecule has 4 nitrogen and oxygen atoms in total. The van der Waals surface area contributed by atoms with E-state index in [1.807, 2.05) is 24.3 Å². The van der Waals surface area contributed by atoms with Gasteiger partial charge in [-0.15, -0.1) is 6.58 Å². The highest BCUT2D eigenvalue weighted by Gasteiger charge is 2.18. The van der Waals surface area contributed by atoms with Crippen LogP contribution in [0.5, 0.6) is 0 Å². The molecule has 0 radical (unpaired) electrons. The van der Waals surface area contributed by atoms with E-state index in [1.165, 1.54) is 6.08 Å². The highest BCUT2D eigenvalue weighted by Crippen LogP contribution is 2.10. The third-order valence-electron chi connectivity index (χ3n) is 3.26. The van der Waals surface area contributed by atoms with Gasteiger partial charge >= 0.3 is 0 Å². The molecule has 0 saturated carbocycles. The van der Waals surface area contributed by atoms with Crippen molar-refractivity contribution in [3.63, 3.8) is 0 Å². The number of amides is 1. The monoisotopic (exact) mass is 307 g/mol. The maximum absolute atomic E-state index is 11.8. The molecule has 21 heavy (non-hydrogen) atoms. The van der Waals surface area contributed by atoms with E-state index in [4.69, 9.17) is 0 Å². The van der Waals surface area contributed by atoms with Gasteiger partial charge in [-0.1, -0.05) is 43.0 Å². The quantitative estimate of drug-likeness (QED) is 0.750. The molecule has 0 spiro atoms. The number of hydrogen-bond donors (Lipinski definition) is 1. The molecule has 1 aromatic rings. The molecule has 1 rings (SSSR count). The molecule has 1 unspecified atom stereocenters. The van der Waals surface area contributed by atoms with Crippen LogP contribution in [0.25, 0.3) is 6.08 Å². The topological polar surface area (TPSA) is 63.2 Å². The summed E-state index contributed by atoms with van der Waals surface area (Å²) in [7, 11) is -3.30. The minimum Gasteiger partial charge on any atom is -0.352 e. The predicted octanol–water partition coefficient (Wildman–Crippen LogP) is 2.33. The number of rotatable bonds is 8. The van der Waals surface area contributed by atoms with Gasteiger partial charge in [-0.2, -0.15) is 0 Å². The van der Waals surface area contributed by atoms with Crippen molar-refractivity contribution in [3.8, 4) is 0 Å². The summed E-state index contributed by atoms with van der Waals surface area (Å²) in [5.41, 5.74) is 1.90. The van der Waals surface area contributed by atoms with Crippen molar-refractivity contribution in [2.45, 2.75) is 25.1 Å². The number of carbonyl (C=O) groups excluding carboxylic acids is 1. The summed E-state index contributed by atoms with van der Waals surface area (Å²) in [5.74, 6) is -0.455. The summed E-state index contributed by atoms with van der Waals surface area (Å²) in [6.45, 7) is 9.09. The molecule has 5 heteroatoms. The Morgan fingerprint density at radius 1 is 1.33 bits per heavy atom. The summed E-state index contributed by atoms with van der Waals surface area (Å²) in [5, 5.41) is 2.09. The third kappa shape index (κ3) is 5.19. The SMILES string of the molecule is C=Cc1ccccc1CNC(=O)CCS(=O)(=O)C(C)C=C. The van der Waals surface area contributed by atoms with Gasteiger partial charge in [0.15, 0.2) is 9.84 Å². The van der Waals surface area contributed by atoms with Gasteiger partial charge in [0.05, 0.1) is 11.0 Å². The Hall–Kier alpha value is -1.88. The lowest BCUT2D eigenvalue weighted by molar-refractivity contribution is -0.120. The van der Waals surface area contributed by atoms with E-state index in [0.29, 0.717) is 6.54 Å². The van der Waals surface area contributed by atoms with E-state index in [0.717, 1.165) is 11.1 Å². The number of carbonyl (C=O) groups is 1. The molecule has 0 bridgehead atoms. The first-order chi connectivity index (χ1) is 9.90. The molecule has 0 aliphatic rings. The second kappa shape index (κ2) is 7.78. The minimum atomic E-state index is -3.30. The van der Waals surface area contributed by atoms with Crippen LogP contribution in [0.15, 0.2) is 43.5 Å². The summed E-state index contributed by atoms with van der Waals surface area (Å²) < 4.78 is 23.6. The number of benzene rings is 1. The van der Waals surface area contributed by atoms with Gasteiger partial charge in [0.1, 0.15) is 0 Å². The molecule has 0 aliphatic heterocycles. The Bertz CT molecular complexity index is 620. The molecule has 1 atom stereocenters. The van der Waals surface area contributed by atoms with Crippen molar-refractivity contribution in [2.24, 2.45) is 0 Å². The highest BCUT2D eigenvalue weighted by molar-refractivity contribution is 7.92. The Balaban J connectivity index is 2.52. The van der Waals surface area contributed by atoms with Crippen molar-refractivity contribution in [1.82, 2.24) is 5.32 Å². The summed E-state index contributed by atoms with van der Waals surface area (Å²) in [4.78, 5) is 11.7. The maximum Gasteiger partial charge on any atom is 0.221 e. The van der Waals surface area contributed by atoms with Gasteiger partial charge in [0.2, 0.25) is 5.91 Å². The van der Waals surface area contributed by atoms with Gasteiger partial charge < -0.3 is 5.32 Å². The molecule has 0 aromatic heterocycles. The van der Waals surface area contributed by atoms with Gasteiger partial charge in [0, 0.05) is 13.0 Å². The van der Waals surface area contributed by atoms with Gasteiger partial charge in [-0.25, -0.2) is 8.42 Å². The van der Waals surface area contributed by atoms with Crippen LogP contribution in [-0.4, -0.2) is 25.3 Å². The van der Waals surface area contributed by atoms with Gasteiger partial charge in [-0.05, 0) is 18.1 Å². The summed E-state index contributed by atoms with van der Waals surface area (Å²) in [6, 6.07) is 7.58. The fourth-order valence-electron chi connectivity index (χ4n) is 1.74. The normalized spacial score (nSPS) is 12.4. The average molecular weight is 307 g/mol. The molecule has 1 amide bonds. The van der Waals surface area contributed by atoms with Crippen LogP contribution in [0.1, 0.15) is 24.5 Å². The highest BCUT2D eigenvalue weighted by atomic mass is 32.2. The zero-order chi connectivity index (χ0) is 15.9. The van der Waals surface area contributed by atoms with Crippen LogP contribution in [0.4, 0.5) is 0 Å². The predicted molar refractivity (Wildman–Crippen MR) is 86.4 cm³/mol. The minimum absolute atomic E-state index is 0.0449. The zero-order valence-electron chi connectivity index (χ0n) is 12.2. The molecular formula is C16H21NO3S. The first-order valence-electron chi connectivity index (χ1n) is 6.72. The van der Waals surface area contributed by atoms with Crippen LogP contribution in [0.2, 0.25) is 0 Å². The van der Waals surface area contributed by atoms with Crippen molar-refractivity contribution in [2.75, 3.05) is 5.75 Å². The molecule has 0 aliphatic carbocycles. The average Bonchev–Trinajstić information content (AvgIpc) is 2.50. The fraction of sp³-hybridized carbons (Fsp3) is 0.312. The summed E-state index contributed by atoms with van der Waals surface area (Å²) >= 11 is 0. The Labute approximate surface area is 126 Å². The van der Waals surface area contributed by atoms with Crippen LogP contribution >= 0.6 is 0 Å². The van der Waals surface area contributed by atoms with E-state index in [9.17, 15) is 13.2 Å². The molecule has 1 aromatic carbocycles. The second-order valence-electron chi connectivity index (χ2n) is 4.74. The van der Waals surface area contributed by atoms with E-state index < -0.39 is 15.1 Å². The lowest BCUT2D eigenvalue weighted by atomic mass is 10.1. The fourth-order valence-corrected chi connectivity index (χ4v) is 2.88. The molecular weight excluding hydrogens is 286 g/mol. The Kier molecular flexibility index (Phi) is 6.37. The van der Waals surface area contributed by atoms with Crippen molar-refractivity contribution < 1.29 is 13.2 Å². The van der Waals surface area contributed by atoms with Gasteiger partial charge in [-0.3, -0.25) is 4.79 Å². The first-order valence-corrected chi connectivity index (χ1v) is 8.43. The Morgan fingerprint density at radius 3 is 2.62 bits per heavy atom. The lowest BCUT2D eigenvalue weighted by Crippen LogP contribution is -2.27. The zero-order valence-corrected chi connectivity index (χ0v) is 13.0. The molecule has 0 fully saturated rings. The van der Waals surface area contributed by atoms with Gasteiger partial charge in [0.25, 0.3) is 0 Å². The van der Waals surface area contributed by atoms with Crippen LogP contribution < -0.4 is 5.32 Å². The largest absolute Gasteiger partial charge is 0.352 e. The molecule has 0 heterocycles. The number of nitrogens with one attached hydrogen (secondary N) is 1. The summed E-state index contributed by atoms with van der Waals surface area (Å²) in [6.07, 6.45) is 3.04. The van der Waals surface area contributed by atoms with E-state index in [1.54, 1.807) is 13.0 Å². The van der Waals surface area contributed by atoms with E-state index >= 15 is 0 Å². The van der Waals surface area contributed by atoms with Crippen molar-refractivity contribution >= 4 is 21.8 Å². The van der Waals surface area contributed by atoms with Crippen LogP contribution in [0.3, 0.4) is 0 Å². The third-order valence-corrected chi connectivity index (χ3v) is 5.36.